The molecule has 1 saturated heterocycles. The lowest BCUT2D eigenvalue weighted by Gasteiger charge is -2.36. The number of imide groups is 1. The third kappa shape index (κ3) is 4.07. The van der Waals surface area contributed by atoms with E-state index in [2.05, 4.69) is 37.8 Å². The third-order valence-electron chi connectivity index (χ3n) is 6.17. The number of aryl methyl sites for hydroxylation is 1. The van der Waals surface area contributed by atoms with Crippen molar-refractivity contribution in [3.05, 3.63) is 64.7 Å². The van der Waals surface area contributed by atoms with Crippen molar-refractivity contribution in [1.82, 2.24) is 9.80 Å². The van der Waals surface area contributed by atoms with Gasteiger partial charge in [-0.25, -0.2) is 0 Å². The molecule has 4 rings (SSSR count). The van der Waals surface area contributed by atoms with Crippen molar-refractivity contribution in [2.24, 2.45) is 5.92 Å². The quantitative estimate of drug-likeness (QED) is 0.695. The zero-order valence-electron chi connectivity index (χ0n) is 18.4. The monoisotopic (exact) mass is 419 g/mol. The van der Waals surface area contributed by atoms with Gasteiger partial charge in [0.1, 0.15) is 0 Å². The molecule has 0 aromatic heterocycles. The molecule has 3 amide bonds. The molecule has 0 atom stereocenters. The molecule has 0 aliphatic carbocycles. The maximum absolute atomic E-state index is 13.1. The summed E-state index contributed by atoms with van der Waals surface area (Å²) in [5.74, 6) is -0.237. The number of anilines is 1. The minimum atomic E-state index is -0.292. The maximum atomic E-state index is 13.1. The zero-order valence-corrected chi connectivity index (χ0v) is 18.4. The number of carbonyl (C=O) groups excluding carboxylic acids is 3. The molecule has 2 aromatic rings. The highest BCUT2D eigenvalue weighted by Crippen LogP contribution is 2.26. The van der Waals surface area contributed by atoms with Crippen LogP contribution in [0.25, 0.3) is 0 Å². The van der Waals surface area contributed by atoms with Crippen molar-refractivity contribution in [3.8, 4) is 0 Å². The summed E-state index contributed by atoms with van der Waals surface area (Å²) in [6, 6.07) is 13.2. The summed E-state index contributed by atoms with van der Waals surface area (Å²) in [5, 5.41) is 0. The van der Waals surface area contributed by atoms with Gasteiger partial charge in [0.05, 0.1) is 11.1 Å². The van der Waals surface area contributed by atoms with Crippen LogP contribution in [0.5, 0.6) is 0 Å². The van der Waals surface area contributed by atoms with E-state index in [0.29, 0.717) is 42.2 Å². The van der Waals surface area contributed by atoms with Gasteiger partial charge in [-0.15, -0.1) is 0 Å². The topological polar surface area (TPSA) is 60.9 Å². The number of fused-ring (bicyclic) bond motifs is 1. The van der Waals surface area contributed by atoms with Crippen molar-refractivity contribution in [1.29, 1.82) is 0 Å². The lowest BCUT2D eigenvalue weighted by Crippen LogP contribution is -2.49. The Hall–Kier alpha value is -3.15. The highest BCUT2D eigenvalue weighted by Gasteiger charge is 2.36. The highest BCUT2D eigenvalue weighted by atomic mass is 16.2. The fraction of sp³-hybridized carbons (Fsp3) is 0.400. The average molecular weight is 420 g/mol. The number of piperazine rings is 1. The molecule has 0 unspecified atom stereocenters. The molecule has 162 valence electrons. The van der Waals surface area contributed by atoms with Crippen LogP contribution in [0.3, 0.4) is 0 Å². The van der Waals surface area contributed by atoms with Gasteiger partial charge < -0.3 is 9.80 Å². The van der Waals surface area contributed by atoms with Crippen LogP contribution >= 0.6 is 0 Å². The van der Waals surface area contributed by atoms with Crippen LogP contribution < -0.4 is 4.90 Å². The second kappa shape index (κ2) is 8.53. The Labute approximate surface area is 183 Å². The molecule has 6 heteroatoms. The third-order valence-corrected chi connectivity index (χ3v) is 6.17. The molecular formula is C25H29N3O3. The number of amides is 3. The SMILES string of the molecule is Cc1ccccc1N1CCN(C(=O)c2ccc3c(c2)C(=O)N(CCC(C)C)C3=O)CC1. The Morgan fingerprint density at radius 1 is 0.935 bits per heavy atom. The molecule has 0 radical (unpaired) electrons. The van der Waals surface area contributed by atoms with Gasteiger partial charge in [-0.05, 0) is 49.1 Å². The standard InChI is InChI=1S/C25H29N3O3/c1-17(2)10-11-28-24(30)20-9-8-19(16-21(20)25(28)31)23(29)27-14-12-26(13-15-27)22-7-5-4-6-18(22)3/h4-9,16-17H,10-15H2,1-3H3. The van der Waals surface area contributed by atoms with Crippen molar-refractivity contribution < 1.29 is 14.4 Å². The van der Waals surface area contributed by atoms with E-state index in [1.165, 1.54) is 16.2 Å². The molecule has 31 heavy (non-hydrogen) atoms. The van der Waals surface area contributed by atoms with Gasteiger partial charge >= 0.3 is 0 Å². The first-order valence-corrected chi connectivity index (χ1v) is 11.0. The lowest BCUT2D eigenvalue weighted by atomic mass is 10.0. The average Bonchev–Trinajstić information content (AvgIpc) is 3.01. The van der Waals surface area contributed by atoms with E-state index in [1.54, 1.807) is 18.2 Å². The Balaban J connectivity index is 1.45. The number of rotatable bonds is 5. The van der Waals surface area contributed by atoms with Crippen molar-refractivity contribution in [2.75, 3.05) is 37.6 Å². The summed E-state index contributed by atoms with van der Waals surface area (Å²) >= 11 is 0. The van der Waals surface area contributed by atoms with E-state index < -0.39 is 0 Å². The summed E-state index contributed by atoms with van der Waals surface area (Å²) in [6.45, 7) is 9.41. The number of benzene rings is 2. The van der Waals surface area contributed by atoms with Crippen LogP contribution in [0.4, 0.5) is 5.69 Å². The van der Waals surface area contributed by atoms with E-state index in [9.17, 15) is 14.4 Å². The maximum Gasteiger partial charge on any atom is 0.261 e. The first kappa shape index (κ1) is 21.1. The van der Waals surface area contributed by atoms with Gasteiger partial charge in [0, 0.05) is 44.0 Å². The van der Waals surface area contributed by atoms with Gasteiger partial charge in [-0.3, -0.25) is 19.3 Å². The largest absolute Gasteiger partial charge is 0.368 e. The molecule has 6 nitrogen and oxygen atoms in total. The van der Waals surface area contributed by atoms with E-state index in [4.69, 9.17) is 0 Å². The van der Waals surface area contributed by atoms with Crippen molar-refractivity contribution >= 4 is 23.4 Å². The number of carbonyl (C=O) groups is 3. The smallest absolute Gasteiger partial charge is 0.261 e. The number of nitrogens with zero attached hydrogens (tertiary/aromatic N) is 3. The molecule has 2 aliphatic rings. The van der Waals surface area contributed by atoms with Crippen molar-refractivity contribution in [3.63, 3.8) is 0 Å². The van der Waals surface area contributed by atoms with Crippen molar-refractivity contribution in [2.45, 2.75) is 27.2 Å². The van der Waals surface area contributed by atoms with Crippen LogP contribution in [0.15, 0.2) is 42.5 Å². The minimum absolute atomic E-state index is 0.0897. The Kier molecular flexibility index (Phi) is 5.81. The van der Waals surface area contributed by atoms with Crippen LogP contribution in [-0.4, -0.2) is 60.2 Å². The fourth-order valence-corrected chi connectivity index (χ4v) is 4.27. The molecule has 2 aromatic carbocycles. The molecule has 0 spiro atoms. The first-order valence-electron chi connectivity index (χ1n) is 11.0. The predicted molar refractivity (Wildman–Crippen MR) is 121 cm³/mol. The highest BCUT2D eigenvalue weighted by molar-refractivity contribution is 6.22. The van der Waals surface area contributed by atoms with Crippen LogP contribution in [0.1, 0.15) is 56.9 Å². The Morgan fingerprint density at radius 3 is 2.29 bits per heavy atom. The van der Waals surface area contributed by atoms with Gasteiger partial charge in [0.2, 0.25) is 0 Å². The minimum Gasteiger partial charge on any atom is -0.368 e. The second-order valence-electron chi connectivity index (χ2n) is 8.77. The summed E-state index contributed by atoms with van der Waals surface area (Å²) < 4.78 is 0. The predicted octanol–water partition coefficient (Wildman–Crippen LogP) is 3.60. The van der Waals surface area contributed by atoms with Crippen LogP contribution in [0.2, 0.25) is 0 Å². The van der Waals surface area contributed by atoms with E-state index in [1.807, 2.05) is 17.0 Å². The van der Waals surface area contributed by atoms with Gasteiger partial charge in [0.15, 0.2) is 0 Å². The van der Waals surface area contributed by atoms with Gasteiger partial charge in [0.25, 0.3) is 17.7 Å². The van der Waals surface area contributed by atoms with Gasteiger partial charge in [-0.2, -0.15) is 0 Å². The molecule has 0 N–H and O–H groups in total. The zero-order chi connectivity index (χ0) is 22.1. The Bertz CT molecular complexity index is 1020. The van der Waals surface area contributed by atoms with Crippen LogP contribution in [0, 0.1) is 12.8 Å². The number of para-hydroxylation sites is 1. The number of hydrogen-bond donors (Lipinski definition) is 0. The summed E-state index contributed by atoms with van der Waals surface area (Å²) in [6.07, 6.45) is 0.766. The molecule has 0 saturated carbocycles. The number of hydrogen-bond acceptors (Lipinski definition) is 4. The van der Waals surface area contributed by atoms with E-state index in [0.717, 1.165) is 19.5 Å². The van der Waals surface area contributed by atoms with Crippen LogP contribution in [-0.2, 0) is 0 Å². The van der Waals surface area contributed by atoms with E-state index in [-0.39, 0.29) is 17.7 Å². The Morgan fingerprint density at radius 2 is 1.61 bits per heavy atom. The lowest BCUT2D eigenvalue weighted by molar-refractivity contribution is 0.0647. The summed E-state index contributed by atoms with van der Waals surface area (Å²) in [4.78, 5) is 43.9. The first-order chi connectivity index (χ1) is 14.9. The van der Waals surface area contributed by atoms with E-state index >= 15 is 0 Å². The summed E-state index contributed by atoms with van der Waals surface area (Å²) in [5.41, 5.74) is 3.65. The summed E-state index contributed by atoms with van der Waals surface area (Å²) in [7, 11) is 0. The molecular weight excluding hydrogens is 390 g/mol. The molecule has 2 heterocycles. The molecule has 2 aliphatic heterocycles. The molecule has 0 bridgehead atoms. The fourth-order valence-electron chi connectivity index (χ4n) is 4.27. The molecule has 1 fully saturated rings. The second-order valence-corrected chi connectivity index (χ2v) is 8.77. The van der Waals surface area contributed by atoms with Gasteiger partial charge in [-0.1, -0.05) is 32.0 Å². The normalized spacial score (nSPS) is 16.3.